The Hall–Kier alpha value is -1.55. The number of nitrogens with zero attached hydrogens (tertiary/aromatic N) is 2. The predicted molar refractivity (Wildman–Crippen MR) is 93.9 cm³/mol. The van der Waals surface area contributed by atoms with Crippen molar-refractivity contribution in [2.24, 2.45) is 16.6 Å². The minimum absolute atomic E-state index is 0.292. The fourth-order valence-electron chi connectivity index (χ4n) is 2.96. The van der Waals surface area contributed by atoms with Crippen molar-refractivity contribution in [3.8, 4) is 0 Å². The van der Waals surface area contributed by atoms with Gasteiger partial charge in [-0.1, -0.05) is 50.6 Å². The fourth-order valence-corrected chi connectivity index (χ4v) is 2.96. The molecule has 1 unspecified atom stereocenters. The summed E-state index contributed by atoms with van der Waals surface area (Å²) in [6.07, 6.45) is 4.01. The number of rotatable bonds is 8. The Labute approximate surface area is 134 Å². The van der Waals surface area contributed by atoms with E-state index in [0.717, 1.165) is 25.6 Å². The normalized spacial score (nSPS) is 17.3. The van der Waals surface area contributed by atoms with Gasteiger partial charge >= 0.3 is 0 Å². The van der Waals surface area contributed by atoms with E-state index in [9.17, 15) is 0 Å². The summed E-state index contributed by atoms with van der Waals surface area (Å²) in [6.45, 7) is 8.09. The molecule has 1 fully saturated rings. The average molecular weight is 302 g/mol. The summed E-state index contributed by atoms with van der Waals surface area (Å²) >= 11 is 0. The van der Waals surface area contributed by atoms with E-state index in [1.54, 1.807) is 0 Å². The van der Waals surface area contributed by atoms with Gasteiger partial charge < -0.3 is 11.1 Å². The molecule has 0 heterocycles. The molecule has 1 aromatic carbocycles. The largest absolute Gasteiger partial charge is 0.370 e. The van der Waals surface area contributed by atoms with Gasteiger partial charge in [-0.05, 0) is 37.4 Å². The van der Waals surface area contributed by atoms with Gasteiger partial charge in [0, 0.05) is 6.54 Å². The highest BCUT2D eigenvalue weighted by Gasteiger charge is 2.18. The lowest BCUT2D eigenvalue weighted by molar-refractivity contribution is 0.224. The molecule has 1 aliphatic carbocycles. The zero-order valence-electron chi connectivity index (χ0n) is 14.0. The lowest BCUT2D eigenvalue weighted by atomic mass is 9.85. The van der Waals surface area contributed by atoms with Crippen molar-refractivity contribution in [3.05, 3.63) is 35.9 Å². The number of nitrogens with two attached hydrogens (primary N) is 1. The molecule has 1 atom stereocenters. The maximum absolute atomic E-state index is 6.03. The van der Waals surface area contributed by atoms with Gasteiger partial charge in [0.1, 0.15) is 0 Å². The van der Waals surface area contributed by atoms with Crippen LogP contribution in [-0.2, 0) is 0 Å². The van der Waals surface area contributed by atoms with Crippen LogP contribution in [0.15, 0.2) is 35.3 Å². The van der Waals surface area contributed by atoms with Crippen molar-refractivity contribution < 1.29 is 0 Å². The monoisotopic (exact) mass is 302 g/mol. The van der Waals surface area contributed by atoms with Crippen LogP contribution in [0.4, 0.5) is 0 Å². The Morgan fingerprint density at radius 3 is 2.50 bits per heavy atom. The van der Waals surface area contributed by atoms with Crippen molar-refractivity contribution in [2.75, 3.05) is 26.2 Å². The third-order valence-corrected chi connectivity index (χ3v) is 4.67. The standard InChI is InChI=1S/C18H30N4/c1-3-22(4-2)17(16-11-6-5-7-12-16)14-21-18(19)20-13-15-9-8-10-15/h5-7,11-12,15,17H,3-4,8-10,13-14H2,1-2H3,(H3,19,20,21). The van der Waals surface area contributed by atoms with E-state index in [2.05, 4.69) is 59.4 Å². The van der Waals surface area contributed by atoms with Gasteiger partial charge in [-0.15, -0.1) is 0 Å². The smallest absolute Gasteiger partial charge is 0.188 e. The van der Waals surface area contributed by atoms with E-state index < -0.39 is 0 Å². The lowest BCUT2D eigenvalue weighted by Gasteiger charge is -2.29. The summed E-state index contributed by atoms with van der Waals surface area (Å²) in [6, 6.07) is 10.9. The summed E-state index contributed by atoms with van der Waals surface area (Å²) in [5, 5.41) is 3.28. The Bertz CT molecular complexity index is 449. The number of hydrogen-bond donors (Lipinski definition) is 2. The zero-order chi connectivity index (χ0) is 15.8. The molecule has 122 valence electrons. The van der Waals surface area contributed by atoms with Gasteiger partial charge in [0.25, 0.3) is 0 Å². The minimum Gasteiger partial charge on any atom is -0.370 e. The zero-order valence-corrected chi connectivity index (χ0v) is 14.0. The summed E-state index contributed by atoms with van der Waals surface area (Å²) < 4.78 is 0. The van der Waals surface area contributed by atoms with Crippen LogP contribution < -0.4 is 11.1 Å². The third kappa shape index (κ3) is 4.73. The summed E-state index contributed by atoms with van der Waals surface area (Å²) in [5.41, 5.74) is 7.34. The number of likely N-dealkylation sites (N-methyl/N-ethyl adjacent to an activating group) is 1. The van der Waals surface area contributed by atoms with E-state index in [1.165, 1.54) is 24.8 Å². The van der Waals surface area contributed by atoms with E-state index in [0.29, 0.717) is 18.5 Å². The van der Waals surface area contributed by atoms with E-state index in [-0.39, 0.29) is 0 Å². The van der Waals surface area contributed by atoms with Gasteiger partial charge in [-0.2, -0.15) is 0 Å². The van der Waals surface area contributed by atoms with E-state index in [4.69, 9.17) is 5.73 Å². The molecule has 3 N–H and O–H groups in total. The summed E-state index contributed by atoms with van der Waals surface area (Å²) in [4.78, 5) is 7.02. The van der Waals surface area contributed by atoms with Crippen LogP contribution in [0.5, 0.6) is 0 Å². The molecule has 2 rings (SSSR count). The second-order valence-corrected chi connectivity index (χ2v) is 6.05. The molecule has 0 bridgehead atoms. The Morgan fingerprint density at radius 1 is 1.27 bits per heavy atom. The minimum atomic E-state index is 0.292. The van der Waals surface area contributed by atoms with Crippen molar-refractivity contribution in [1.82, 2.24) is 10.2 Å². The molecule has 22 heavy (non-hydrogen) atoms. The van der Waals surface area contributed by atoms with Gasteiger partial charge in [0.05, 0.1) is 12.6 Å². The van der Waals surface area contributed by atoms with Gasteiger partial charge in [0.2, 0.25) is 0 Å². The first kappa shape index (κ1) is 16.8. The lowest BCUT2D eigenvalue weighted by Crippen LogP contribution is -2.38. The molecule has 0 amide bonds. The maximum Gasteiger partial charge on any atom is 0.188 e. The highest BCUT2D eigenvalue weighted by atomic mass is 15.2. The molecule has 0 saturated heterocycles. The number of guanidine groups is 1. The van der Waals surface area contributed by atoms with E-state index >= 15 is 0 Å². The topological polar surface area (TPSA) is 53.6 Å². The molecule has 1 aromatic rings. The molecule has 0 spiro atoms. The fraction of sp³-hybridized carbons (Fsp3) is 0.611. The Kier molecular flexibility index (Phi) is 6.72. The summed E-state index contributed by atoms with van der Waals surface area (Å²) in [7, 11) is 0. The third-order valence-electron chi connectivity index (χ3n) is 4.67. The number of benzene rings is 1. The first-order chi connectivity index (χ1) is 10.7. The molecule has 0 radical (unpaired) electrons. The maximum atomic E-state index is 6.03. The van der Waals surface area contributed by atoms with Crippen molar-refractivity contribution in [3.63, 3.8) is 0 Å². The quantitative estimate of drug-likeness (QED) is 0.573. The van der Waals surface area contributed by atoms with Crippen LogP contribution in [0.25, 0.3) is 0 Å². The van der Waals surface area contributed by atoms with Crippen molar-refractivity contribution in [1.29, 1.82) is 0 Å². The molecule has 4 heteroatoms. The highest BCUT2D eigenvalue weighted by molar-refractivity contribution is 5.77. The Morgan fingerprint density at radius 2 is 1.95 bits per heavy atom. The van der Waals surface area contributed by atoms with Crippen LogP contribution in [0.2, 0.25) is 0 Å². The second kappa shape index (κ2) is 8.79. The van der Waals surface area contributed by atoms with E-state index in [1.807, 2.05) is 0 Å². The van der Waals surface area contributed by atoms with Crippen LogP contribution in [0, 0.1) is 5.92 Å². The number of aliphatic imine (C=N–C) groups is 1. The first-order valence-corrected chi connectivity index (χ1v) is 8.57. The second-order valence-electron chi connectivity index (χ2n) is 6.05. The molecular weight excluding hydrogens is 272 g/mol. The van der Waals surface area contributed by atoms with Crippen LogP contribution in [0.3, 0.4) is 0 Å². The molecule has 0 aromatic heterocycles. The number of hydrogen-bond acceptors (Lipinski definition) is 2. The van der Waals surface area contributed by atoms with Crippen LogP contribution >= 0.6 is 0 Å². The number of nitrogens with one attached hydrogen (secondary N) is 1. The predicted octanol–water partition coefficient (Wildman–Crippen LogP) is 2.77. The van der Waals surface area contributed by atoms with Crippen LogP contribution in [-0.4, -0.2) is 37.0 Å². The first-order valence-electron chi connectivity index (χ1n) is 8.57. The SMILES string of the molecule is CCN(CC)C(CN=C(N)NCC1CCC1)c1ccccc1. The van der Waals surface area contributed by atoms with Gasteiger partial charge in [0.15, 0.2) is 5.96 Å². The molecule has 1 saturated carbocycles. The molecule has 0 aliphatic heterocycles. The van der Waals surface area contributed by atoms with Crippen LogP contribution in [0.1, 0.15) is 44.7 Å². The van der Waals surface area contributed by atoms with Crippen molar-refractivity contribution >= 4 is 5.96 Å². The van der Waals surface area contributed by atoms with Gasteiger partial charge in [-0.25, -0.2) is 0 Å². The molecular formula is C18H30N4. The Balaban J connectivity index is 1.96. The average Bonchev–Trinajstić information content (AvgIpc) is 2.50. The molecule has 1 aliphatic rings. The van der Waals surface area contributed by atoms with Gasteiger partial charge in [-0.3, -0.25) is 9.89 Å². The van der Waals surface area contributed by atoms with Crippen molar-refractivity contribution in [2.45, 2.75) is 39.2 Å². The highest BCUT2D eigenvalue weighted by Crippen LogP contribution is 2.25. The summed E-state index contributed by atoms with van der Waals surface area (Å²) in [5.74, 6) is 1.38. The molecule has 4 nitrogen and oxygen atoms in total.